The molecule has 2 saturated carbocycles. The molecule has 4 rings (SSSR count). The van der Waals surface area contributed by atoms with E-state index in [2.05, 4.69) is 10.0 Å². The molecular weight excluding hydrogens is 557 g/mol. The Morgan fingerprint density at radius 3 is 2.52 bits per heavy atom. The van der Waals surface area contributed by atoms with Gasteiger partial charge in [0.25, 0.3) is 11.8 Å². The minimum Gasteiger partial charge on any atom is -0.376 e. The number of nitrogens with zero attached hydrogens (tertiary/aromatic N) is 1. The second-order valence-electron chi connectivity index (χ2n) is 11.4. The molecule has 0 aromatic carbocycles. The summed E-state index contributed by atoms with van der Waals surface area (Å²) in [6.45, 7) is 1.87. The summed E-state index contributed by atoms with van der Waals surface area (Å²) in [7, 11) is -3.88. The summed E-state index contributed by atoms with van der Waals surface area (Å²) >= 11 is 0. The van der Waals surface area contributed by atoms with Crippen molar-refractivity contribution in [3.8, 4) is 0 Å². The minimum atomic E-state index is -5.22. The zero-order valence-electron chi connectivity index (χ0n) is 22.1. The van der Waals surface area contributed by atoms with Gasteiger partial charge in [-0.15, -0.1) is 0 Å². The van der Waals surface area contributed by atoms with Crippen LogP contribution in [0.15, 0.2) is 12.2 Å². The number of hydrogen-bond acceptors (Lipinski definition) is 7. The van der Waals surface area contributed by atoms with Crippen molar-refractivity contribution in [2.24, 2.45) is 11.8 Å². The lowest BCUT2D eigenvalue weighted by Gasteiger charge is -2.30. The molecule has 0 aromatic rings. The summed E-state index contributed by atoms with van der Waals surface area (Å²) in [4.78, 5) is 53.6. The second-order valence-corrected chi connectivity index (χ2v) is 13.3. The molecule has 2 aliphatic carbocycles. The molecule has 0 bridgehead atoms. The molecule has 0 radical (unpaired) electrons. The molecular formula is C25H35F3N4O7S. The number of carbonyl (C=O) groups excluding carboxylic acids is 4. The fraction of sp³-hybridized carbons (Fsp3) is 0.760. The number of fused-ring (bicyclic) bond motifs is 2. The van der Waals surface area contributed by atoms with E-state index < -0.39 is 74.7 Å². The molecule has 2 heterocycles. The third kappa shape index (κ3) is 6.61. The number of allylic oxidation sites excluding steroid dienone is 1. The van der Waals surface area contributed by atoms with Crippen LogP contribution in [0.4, 0.5) is 13.2 Å². The Bertz CT molecular complexity index is 1170. The van der Waals surface area contributed by atoms with Crippen LogP contribution in [-0.2, 0) is 29.2 Å². The highest BCUT2D eigenvalue weighted by Crippen LogP contribution is 2.46. The fourth-order valence-corrected chi connectivity index (χ4v) is 6.77. The molecule has 1 unspecified atom stereocenters. The van der Waals surface area contributed by atoms with E-state index in [-0.39, 0.29) is 31.7 Å². The first-order chi connectivity index (χ1) is 18.7. The minimum absolute atomic E-state index is 0.00603. The number of carbonyl (C=O) groups is 4. The van der Waals surface area contributed by atoms with Crippen LogP contribution in [-0.4, -0.2) is 83.8 Å². The molecule has 6 atom stereocenters. The second kappa shape index (κ2) is 11.3. The Hall–Kier alpha value is -2.68. The number of alkyl halides is 3. The largest absolute Gasteiger partial charge is 0.423 e. The average molecular weight is 593 g/mol. The molecule has 3 fully saturated rings. The first-order valence-electron chi connectivity index (χ1n) is 13.6. The highest BCUT2D eigenvalue weighted by atomic mass is 32.2. The predicted octanol–water partition coefficient (Wildman–Crippen LogP) is 0.635. The van der Waals surface area contributed by atoms with Crippen LogP contribution < -0.4 is 15.4 Å². The lowest BCUT2D eigenvalue weighted by Crippen LogP contribution is -2.59. The van der Waals surface area contributed by atoms with Gasteiger partial charge in [0.2, 0.25) is 27.9 Å². The zero-order valence-corrected chi connectivity index (χ0v) is 22.9. The molecule has 1 saturated heterocycles. The van der Waals surface area contributed by atoms with Crippen molar-refractivity contribution < 1.29 is 45.9 Å². The SMILES string of the molecule is C[C@@H]1C[C@H]2C(=O)N[C@]3(C(=O)NS(=O)(=O)C4CC4)C[C@H]3/C=C\CCCCC[C@H](NC(=O)C(O)C(F)(F)F)C(=O)N2C1. The van der Waals surface area contributed by atoms with E-state index in [1.54, 1.807) is 13.0 Å². The lowest BCUT2D eigenvalue weighted by molar-refractivity contribution is -0.205. The molecule has 2 aliphatic heterocycles. The Morgan fingerprint density at radius 2 is 1.88 bits per heavy atom. The number of aliphatic hydroxyl groups excluding tert-OH is 1. The van der Waals surface area contributed by atoms with Gasteiger partial charge in [0.1, 0.15) is 17.6 Å². The number of hydrogen-bond donors (Lipinski definition) is 4. The molecule has 0 spiro atoms. The molecule has 40 heavy (non-hydrogen) atoms. The van der Waals surface area contributed by atoms with E-state index in [1.165, 1.54) is 4.90 Å². The Balaban J connectivity index is 1.58. The number of rotatable bonds is 5. The Labute approximate surface area is 230 Å². The highest BCUT2D eigenvalue weighted by molar-refractivity contribution is 7.91. The van der Waals surface area contributed by atoms with Crippen molar-refractivity contribution in [2.45, 2.75) is 99.9 Å². The van der Waals surface area contributed by atoms with Crippen LogP contribution in [0.1, 0.15) is 64.7 Å². The molecule has 4 amide bonds. The molecule has 0 aromatic heterocycles. The molecule has 15 heteroatoms. The van der Waals surface area contributed by atoms with Gasteiger partial charge < -0.3 is 20.6 Å². The van der Waals surface area contributed by atoms with E-state index >= 15 is 0 Å². The monoisotopic (exact) mass is 592 g/mol. The highest BCUT2D eigenvalue weighted by Gasteiger charge is 2.62. The van der Waals surface area contributed by atoms with Gasteiger partial charge >= 0.3 is 6.18 Å². The molecule has 224 valence electrons. The van der Waals surface area contributed by atoms with Gasteiger partial charge in [-0.1, -0.05) is 31.9 Å². The van der Waals surface area contributed by atoms with Crippen molar-refractivity contribution in [2.75, 3.05) is 6.54 Å². The number of halogens is 3. The van der Waals surface area contributed by atoms with Gasteiger partial charge in [0, 0.05) is 12.5 Å². The van der Waals surface area contributed by atoms with Crippen LogP contribution in [0.5, 0.6) is 0 Å². The first kappa shape index (κ1) is 30.3. The molecule has 4 aliphatic rings. The van der Waals surface area contributed by atoms with Gasteiger partial charge in [-0.05, 0) is 50.9 Å². The van der Waals surface area contributed by atoms with Crippen LogP contribution in [0.25, 0.3) is 0 Å². The van der Waals surface area contributed by atoms with Gasteiger partial charge in [-0.2, -0.15) is 13.2 Å². The predicted molar refractivity (Wildman–Crippen MR) is 135 cm³/mol. The summed E-state index contributed by atoms with van der Waals surface area (Å²) in [6.07, 6.45) is -1.47. The number of nitrogens with one attached hydrogen (secondary N) is 3. The maximum atomic E-state index is 13.5. The van der Waals surface area contributed by atoms with E-state index in [0.29, 0.717) is 38.5 Å². The van der Waals surface area contributed by atoms with Gasteiger partial charge in [0.05, 0.1) is 5.25 Å². The summed E-state index contributed by atoms with van der Waals surface area (Å²) in [5, 5.41) is 13.4. The normalized spacial score (nSPS) is 33.4. The summed E-state index contributed by atoms with van der Waals surface area (Å²) in [5.74, 6) is -4.68. The maximum Gasteiger partial charge on any atom is 0.423 e. The molecule has 11 nitrogen and oxygen atoms in total. The fourth-order valence-electron chi connectivity index (χ4n) is 5.41. The quantitative estimate of drug-likeness (QED) is 0.341. The van der Waals surface area contributed by atoms with Crippen LogP contribution in [0.3, 0.4) is 0 Å². The third-order valence-corrected chi connectivity index (χ3v) is 9.78. The summed E-state index contributed by atoms with van der Waals surface area (Å²) in [5.41, 5.74) is -1.51. The van der Waals surface area contributed by atoms with Crippen molar-refractivity contribution in [1.29, 1.82) is 0 Å². The van der Waals surface area contributed by atoms with Crippen LogP contribution in [0, 0.1) is 11.8 Å². The van der Waals surface area contributed by atoms with E-state index in [0.717, 1.165) is 0 Å². The smallest absolute Gasteiger partial charge is 0.376 e. The van der Waals surface area contributed by atoms with Crippen LogP contribution in [0.2, 0.25) is 0 Å². The third-order valence-electron chi connectivity index (χ3n) is 7.97. The average Bonchev–Trinajstić information content (AvgIpc) is 3.78. The van der Waals surface area contributed by atoms with E-state index in [1.807, 2.05) is 11.4 Å². The Kier molecular flexibility index (Phi) is 8.56. The van der Waals surface area contributed by atoms with Gasteiger partial charge in [-0.25, -0.2) is 8.42 Å². The zero-order chi connectivity index (χ0) is 29.5. The topological polar surface area (TPSA) is 162 Å². The summed E-state index contributed by atoms with van der Waals surface area (Å²) < 4.78 is 65.7. The van der Waals surface area contributed by atoms with E-state index in [4.69, 9.17) is 0 Å². The standard InChI is InChI=1S/C25H35F3N4O7S/c1-14-11-18-20(34)30-24(23(37)31-40(38,39)16-9-10-16)12-15(24)7-5-3-2-4-6-8-17(22(36)32(18)13-14)29-21(35)19(33)25(26,27)28/h5,7,14-19,33H,2-4,6,8-13H2,1H3,(H,29,35)(H,30,34)(H,31,37)/b7-5-/t14-,15-,17+,18+,19?,24-/m1/s1. The van der Waals surface area contributed by atoms with Crippen LogP contribution >= 0.6 is 0 Å². The van der Waals surface area contributed by atoms with Crippen molar-refractivity contribution >= 4 is 33.7 Å². The van der Waals surface area contributed by atoms with Crippen molar-refractivity contribution in [3.05, 3.63) is 12.2 Å². The number of amides is 4. The Morgan fingerprint density at radius 1 is 1.18 bits per heavy atom. The van der Waals surface area contributed by atoms with Crippen molar-refractivity contribution in [3.63, 3.8) is 0 Å². The van der Waals surface area contributed by atoms with Gasteiger partial charge in [0.15, 0.2) is 0 Å². The molecule has 4 N–H and O–H groups in total. The summed E-state index contributed by atoms with van der Waals surface area (Å²) in [6, 6.07) is -2.49. The van der Waals surface area contributed by atoms with Crippen molar-refractivity contribution in [1.82, 2.24) is 20.3 Å². The lowest BCUT2D eigenvalue weighted by atomic mass is 10.0. The maximum absolute atomic E-state index is 13.5. The number of aliphatic hydroxyl groups is 1. The number of sulfonamides is 1. The van der Waals surface area contributed by atoms with Gasteiger partial charge in [-0.3, -0.25) is 23.9 Å². The van der Waals surface area contributed by atoms with E-state index in [9.17, 15) is 45.9 Å². The first-order valence-corrected chi connectivity index (χ1v) is 15.1.